The lowest BCUT2D eigenvalue weighted by Gasteiger charge is -2.38. The lowest BCUT2D eigenvalue weighted by molar-refractivity contribution is -0.132. The van der Waals surface area contributed by atoms with Crippen molar-refractivity contribution in [3.05, 3.63) is 118 Å². The molecule has 1 atom stereocenters. The SMILES string of the molecule is CCC(=O)N1CCc2ccc(OCc3ccc(C(=O)Nc4ccc(C)cc4)o3)cc2C1c1cccc(F)c1. The van der Waals surface area contributed by atoms with Crippen molar-refractivity contribution in [2.75, 3.05) is 11.9 Å². The lowest BCUT2D eigenvalue weighted by atomic mass is 9.87. The second-order valence-corrected chi connectivity index (χ2v) is 9.38. The van der Waals surface area contributed by atoms with Gasteiger partial charge in [-0.25, -0.2) is 4.39 Å². The Morgan fingerprint density at radius 2 is 1.87 bits per heavy atom. The van der Waals surface area contributed by atoms with Gasteiger partial charge in [-0.3, -0.25) is 9.59 Å². The summed E-state index contributed by atoms with van der Waals surface area (Å²) in [6.45, 7) is 4.51. The Morgan fingerprint density at radius 3 is 2.63 bits per heavy atom. The lowest BCUT2D eigenvalue weighted by Crippen LogP contribution is -2.40. The number of fused-ring (bicyclic) bond motifs is 1. The molecule has 0 aliphatic carbocycles. The molecule has 0 bridgehead atoms. The zero-order chi connectivity index (χ0) is 26.6. The zero-order valence-electron chi connectivity index (χ0n) is 21.4. The zero-order valence-corrected chi connectivity index (χ0v) is 21.4. The average Bonchev–Trinajstić information content (AvgIpc) is 3.41. The maximum atomic E-state index is 14.1. The van der Waals surface area contributed by atoms with Crippen LogP contribution in [0, 0.1) is 12.7 Å². The number of benzene rings is 3. The molecule has 0 fully saturated rings. The monoisotopic (exact) mass is 512 g/mol. The van der Waals surface area contributed by atoms with Crippen molar-refractivity contribution >= 4 is 17.5 Å². The molecule has 0 saturated carbocycles. The van der Waals surface area contributed by atoms with Crippen LogP contribution in [0.15, 0.2) is 83.3 Å². The molecule has 0 saturated heterocycles. The minimum atomic E-state index is -0.397. The molecule has 1 aromatic heterocycles. The van der Waals surface area contributed by atoms with Gasteiger partial charge >= 0.3 is 0 Å². The Morgan fingerprint density at radius 1 is 1.05 bits per heavy atom. The van der Waals surface area contributed by atoms with Gasteiger partial charge in [-0.2, -0.15) is 0 Å². The number of anilines is 1. The third kappa shape index (κ3) is 5.47. The molecule has 4 aromatic rings. The molecule has 6 nitrogen and oxygen atoms in total. The molecule has 1 N–H and O–H groups in total. The summed E-state index contributed by atoms with van der Waals surface area (Å²) >= 11 is 0. The van der Waals surface area contributed by atoms with Crippen molar-refractivity contribution in [1.29, 1.82) is 0 Å². The number of rotatable bonds is 7. The fraction of sp³-hybridized carbons (Fsp3) is 0.226. The summed E-state index contributed by atoms with van der Waals surface area (Å²) in [4.78, 5) is 27.1. The minimum absolute atomic E-state index is 0.0169. The van der Waals surface area contributed by atoms with Crippen molar-refractivity contribution in [2.24, 2.45) is 0 Å². The number of nitrogens with one attached hydrogen (secondary N) is 1. The predicted octanol–water partition coefficient (Wildman–Crippen LogP) is 6.44. The van der Waals surface area contributed by atoms with Crippen LogP contribution in [0.2, 0.25) is 0 Å². The topological polar surface area (TPSA) is 71.8 Å². The van der Waals surface area contributed by atoms with E-state index in [9.17, 15) is 14.0 Å². The molecule has 7 heteroatoms. The highest BCUT2D eigenvalue weighted by molar-refractivity contribution is 6.02. The van der Waals surface area contributed by atoms with E-state index >= 15 is 0 Å². The van der Waals surface area contributed by atoms with E-state index in [-0.39, 0.29) is 30.0 Å². The van der Waals surface area contributed by atoms with E-state index in [0.29, 0.717) is 36.6 Å². The van der Waals surface area contributed by atoms with Gasteiger partial charge in [0.1, 0.15) is 23.9 Å². The average molecular weight is 513 g/mol. The van der Waals surface area contributed by atoms with Crippen LogP contribution in [0.1, 0.15) is 58.0 Å². The Kier molecular flexibility index (Phi) is 7.26. The van der Waals surface area contributed by atoms with E-state index in [0.717, 1.165) is 22.3 Å². The minimum Gasteiger partial charge on any atom is -0.486 e. The van der Waals surface area contributed by atoms with E-state index < -0.39 is 6.04 Å². The molecule has 0 radical (unpaired) electrons. The van der Waals surface area contributed by atoms with Crippen LogP contribution in [0.5, 0.6) is 5.75 Å². The Hall–Kier alpha value is -4.39. The number of aryl methyl sites for hydroxylation is 1. The predicted molar refractivity (Wildman–Crippen MR) is 143 cm³/mol. The van der Waals surface area contributed by atoms with E-state index in [4.69, 9.17) is 9.15 Å². The van der Waals surface area contributed by atoms with Crippen molar-refractivity contribution < 1.29 is 23.1 Å². The van der Waals surface area contributed by atoms with Crippen molar-refractivity contribution in [3.63, 3.8) is 0 Å². The summed E-state index contributed by atoms with van der Waals surface area (Å²) in [5, 5.41) is 2.82. The highest BCUT2D eigenvalue weighted by Crippen LogP contribution is 2.38. The first-order valence-corrected chi connectivity index (χ1v) is 12.7. The third-order valence-corrected chi connectivity index (χ3v) is 6.71. The maximum Gasteiger partial charge on any atom is 0.291 e. The molecular weight excluding hydrogens is 483 g/mol. The van der Waals surface area contributed by atoms with Gasteiger partial charge in [0.2, 0.25) is 5.91 Å². The van der Waals surface area contributed by atoms with Crippen LogP contribution >= 0.6 is 0 Å². The Balaban J connectivity index is 1.33. The quantitative estimate of drug-likeness (QED) is 0.309. The van der Waals surface area contributed by atoms with Crippen LogP contribution in [0.4, 0.5) is 10.1 Å². The molecule has 38 heavy (non-hydrogen) atoms. The molecule has 5 rings (SSSR count). The molecule has 1 aliphatic heterocycles. The van der Waals surface area contributed by atoms with Gasteiger partial charge in [-0.05, 0) is 78.6 Å². The van der Waals surface area contributed by atoms with Gasteiger partial charge in [-0.15, -0.1) is 0 Å². The van der Waals surface area contributed by atoms with Crippen molar-refractivity contribution in [1.82, 2.24) is 4.90 Å². The number of ether oxygens (including phenoxy) is 1. The summed E-state index contributed by atoms with van der Waals surface area (Å²) in [6, 6.07) is 22.6. The van der Waals surface area contributed by atoms with Crippen molar-refractivity contribution in [3.8, 4) is 5.75 Å². The number of amides is 2. The largest absolute Gasteiger partial charge is 0.486 e. The number of halogens is 1. The van der Waals surface area contributed by atoms with Crippen LogP contribution in [0.3, 0.4) is 0 Å². The standard InChI is InChI=1S/C31H29FN2O4/c1-3-29(35)34-16-15-21-9-12-25(18-27(21)30(34)22-5-4-6-23(32)17-22)37-19-26-13-14-28(38-26)31(36)33-24-10-7-20(2)8-11-24/h4-14,17-18,30H,3,15-16,19H2,1-2H3,(H,33,36). The van der Waals surface area contributed by atoms with E-state index in [1.807, 2.05) is 67.3 Å². The fourth-order valence-electron chi connectivity index (χ4n) is 4.75. The number of furan rings is 1. The molecule has 2 heterocycles. The van der Waals surface area contributed by atoms with E-state index in [1.54, 1.807) is 18.2 Å². The number of hydrogen-bond acceptors (Lipinski definition) is 4. The number of carbonyl (C=O) groups excluding carboxylic acids is 2. The van der Waals surface area contributed by atoms with Gasteiger partial charge < -0.3 is 19.4 Å². The van der Waals surface area contributed by atoms with E-state index in [1.165, 1.54) is 12.1 Å². The van der Waals surface area contributed by atoms with Gasteiger partial charge in [0.15, 0.2) is 5.76 Å². The Labute approximate surface area is 221 Å². The highest BCUT2D eigenvalue weighted by atomic mass is 19.1. The maximum absolute atomic E-state index is 14.1. The molecule has 1 aliphatic rings. The van der Waals surface area contributed by atoms with Crippen LogP contribution < -0.4 is 10.1 Å². The van der Waals surface area contributed by atoms with Crippen molar-refractivity contribution in [2.45, 2.75) is 39.3 Å². The second-order valence-electron chi connectivity index (χ2n) is 9.38. The molecule has 1 unspecified atom stereocenters. The number of carbonyl (C=O) groups is 2. The first-order chi connectivity index (χ1) is 18.4. The van der Waals surface area contributed by atoms with Gasteiger partial charge in [-0.1, -0.05) is 42.8 Å². The fourth-order valence-corrected chi connectivity index (χ4v) is 4.75. The molecule has 194 valence electrons. The van der Waals surface area contributed by atoms with Crippen LogP contribution in [-0.2, 0) is 17.8 Å². The molecule has 3 aromatic carbocycles. The summed E-state index contributed by atoms with van der Waals surface area (Å²) in [6.07, 6.45) is 1.08. The van der Waals surface area contributed by atoms with Crippen LogP contribution in [-0.4, -0.2) is 23.3 Å². The van der Waals surface area contributed by atoms with Gasteiger partial charge in [0.25, 0.3) is 5.91 Å². The first-order valence-electron chi connectivity index (χ1n) is 12.7. The number of nitrogens with zero attached hydrogens (tertiary/aromatic N) is 1. The molecule has 2 amide bonds. The number of hydrogen-bond donors (Lipinski definition) is 1. The van der Waals surface area contributed by atoms with Gasteiger partial charge in [0.05, 0.1) is 6.04 Å². The Bertz CT molecular complexity index is 1460. The normalized spacial score (nSPS) is 14.6. The molecule has 0 spiro atoms. The van der Waals surface area contributed by atoms with Gasteiger partial charge in [0, 0.05) is 18.7 Å². The van der Waals surface area contributed by atoms with E-state index in [2.05, 4.69) is 5.32 Å². The smallest absolute Gasteiger partial charge is 0.291 e. The summed E-state index contributed by atoms with van der Waals surface area (Å²) in [5.41, 5.74) is 4.53. The summed E-state index contributed by atoms with van der Waals surface area (Å²) < 4.78 is 25.8. The molecular formula is C31H29FN2O4. The first kappa shape index (κ1) is 25.3. The van der Waals surface area contributed by atoms with Crippen LogP contribution in [0.25, 0.3) is 0 Å². The highest BCUT2D eigenvalue weighted by Gasteiger charge is 2.32. The summed E-state index contributed by atoms with van der Waals surface area (Å²) in [5.74, 6) is 0.621. The second kappa shape index (κ2) is 10.9. The summed E-state index contributed by atoms with van der Waals surface area (Å²) in [7, 11) is 0. The third-order valence-electron chi connectivity index (χ3n) is 6.71.